The van der Waals surface area contributed by atoms with Crippen molar-refractivity contribution in [3.8, 4) is 11.3 Å². The van der Waals surface area contributed by atoms with Gasteiger partial charge < -0.3 is 10.7 Å². The molecule has 0 aliphatic carbocycles. The van der Waals surface area contributed by atoms with Gasteiger partial charge in [0.05, 0.1) is 0 Å². The van der Waals surface area contributed by atoms with Gasteiger partial charge in [0.25, 0.3) is 0 Å². The summed E-state index contributed by atoms with van der Waals surface area (Å²) in [4.78, 5) is 3.35. The van der Waals surface area contributed by atoms with Gasteiger partial charge >= 0.3 is 0 Å². The molecule has 3 aromatic rings. The molecule has 17 heavy (non-hydrogen) atoms. The first-order valence-electron chi connectivity index (χ1n) is 5.37. The predicted octanol–water partition coefficient (Wildman–Crippen LogP) is 4.07. The number of nitrogen functional groups attached to an aromatic ring is 1. The third kappa shape index (κ3) is 1.77. The average molecular weight is 243 g/mol. The lowest BCUT2D eigenvalue weighted by Gasteiger charge is -2.03. The first-order valence-corrected chi connectivity index (χ1v) is 5.75. The summed E-state index contributed by atoms with van der Waals surface area (Å²) in [6, 6.07) is 15.8. The normalized spacial score (nSPS) is 10.9. The molecule has 0 fully saturated rings. The Bertz CT molecular complexity index is 653. The topological polar surface area (TPSA) is 41.8 Å². The summed E-state index contributed by atoms with van der Waals surface area (Å²) in [6.07, 6.45) is 0. The molecule has 3 heteroatoms. The zero-order valence-electron chi connectivity index (χ0n) is 9.07. The minimum absolute atomic E-state index is 0.655. The molecule has 2 aromatic carbocycles. The molecule has 0 radical (unpaired) electrons. The number of benzene rings is 2. The van der Waals surface area contributed by atoms with Crippen molar-refractivity contribution in [2.45, 2.75) is 0 Å². The van der Waals surface area contributed by atoms with Gasteiger partial charge in [-0.1, -0.05) is 29.8 Å². The van der Waals surface area contributed by atoms with Crippen LogP contribution in [0.3, 0.4) is 0 Å². The minimum atomic E-state index is 0.655. The van der Waals surface area contributed by atoms with Gasteiger partial charge in [0.2, 0.25) is 0 Å². The molecule has 3 rings (SSSR count). The third-order valence-electron chi connectivity index (χ3n) is 2.83. The number of anilines is 1. The first kappa shape index (κ1) is 10.2. The SMILES string of the molecule is Nc1cc(Cl)ccc1-c1cc2ccccc2[nH]1. The fraction of sp³-hybridized carbons (Fsp3) is 0. The fourth-order valence-corrected chi connectivity index (χ4v) is 2.18. The van der Waals surface area contributed by atoms with Crippen LogP contribution in [-0.2, 0) is 0 Å². The fourth-order valence-electron chi connectivity index (χ4n) is 2.00. The second-order valence-electron chi connectivity index (χ2n) is 4.00. The zero-order chi connectivity index (χ0) is 11.8. The summed E-state index contributed by atoms with van der Waals surface area (Å²) in [5.41, 5.74) is 9.75. The first-order chi connectivity index (χ1) is 8.24. The Kier molecular flexibility index (Phi) is 2.30. The highest BCUT2D eigenvalue weighted by Gasteiger charge is 2.06. The van der Waals surface area contributed by atoms with E-state index in [9.17, 15) is 0 Å². The molecule has 0 spiro atoms. The van der Waals surface area contributed by atoms with E-state index in [0.29, 0.717) is 10.7 Å². The Balaban J connectivity index is 2.20. The number of aromatic nitrogens is 1. The van der Waals surface area contributed by atoms with Crippen molar-refractivity contribution in [2.75, 3.05) is 5.73 Å². The van der Waals surface area contributed by atoms with Crippen LogP contribution in [0.5, 0.6) is 0 Å². The number of aromatic amines is 1. The molecule has 0 amide bonds. The summed E-state index contributed by atoms with van der Waals surface area (Å²) in [5, 5.41) is 1.83. The van der Waals surface area contributed by atoms with Crippen LogP contribution in [0.4, 0.5) is 5.69 Å². The number of H-pyrrole nitrogens is 1. The summed E-state index contributed by atoms with van der Waals surface area (Å²) in [5.74, 6) is 0. The second-order valence-corrected chi connectivity index (χ2v) is 4.44. The number of hydrogen-bond acceptors (Lipinski definition) is 1. The molecule has 0 unspecified atom stereocenters. The summed E-state index contributed by atoms with van der Waals surface area (Å²) < 4.78 is 0. The van der Waals surface area contributed by atoms with Gasteiger partial charge in [-0.2, -0.15) is 0 Å². The molecule has 0 saturated carbocycles. The molecule has 1 aromatic heterocycles. The lowest BCUT2D eigenvalue weighted by atomic mass is 10.1. The maximum absolute atomic E-state index is 5.97. The van der Waals surface area contributed by atoms with Gasteiger partial charge in [-0.25, -0.2) is 0 Å². The molecule has 0 bridgehead atoms. The highest BCUT2D eigenvalue weighted by molar-refractivity contribution is 6.31. The Morgan fingerprint density at radius 1 is 1.00 bits per heavy atom. The van der Waals surface area contributed by atoms with Crippen LogP contribution in [0.25, 0.3) is 22.2 Å². The van der Waals surface area contributed by atoms with E-state index in [1.165, 1.54) is 5.39 Å². The van der Waals surface area contributed by atoms with Crippen molar-refractivity contribution in [1.29, 1.82) is 0 Å². The predicted molar refractivity (Wildman–Crippen MR) is 73.2 cm³/mol. The van der Waals surface area contributed by atoms with Gasteiger partial charge in [-0.3, -0.25) is 0 Å². The number of halogens is 1. The Morgan fingerprint density at radius 2 is 1.82 bits per heavy atom. The molecule has 0 atom stereocenters. The minimum Gasteiger partial charge on any atom is -0.398 e. The van der Waals surface area contributed by atoms with Crippen molar-refractivity contribution in [2.24, 2.45) is 0 Å². The van der Waals surface area contributed by atoms with Crippen LogP contribution >= 0.6 is 11.6 Å². The lowest BCUT2D eigenvalue weighted by Crippen LogP contribution is -1.89. The maximum atomic E-state index is 5.97. The van der Waals surface area contributed by atoms with Gasteiger partial charge in [0.1, 0.15) is 0 Å². The van der Waals surface area contributed by atoms with E-state index in [2.05, 4.69) is 17.1 Å². The van der Waals surface area contributed by atoms with E-state index in [4.69, 9.17) is 17.3 Å². The Hall–Kier alpha value is -1.93. The highest BCUT2D eigenvalue weighted by Crippen LogP contribution is 2.30. The Morgan fingerprint density at radius 3 is 2.59 bits per heavy atom. The quantitative estimate of drug-likeness (QED) is 0.621. The summed E-state index contributed by atoms with van der Waals surface area (Å²) >= 11 is 5.89. The summed E-state index contributed by atoms with van der Waals surface area (Å²) in [7, 11) is 0. The lowest BCUT2D eigenvalue weighted by molar-refractivity contribution is 1.45. The number of fused-ring (bicyclic) bond motifs is 1. The average Bonchev–Trinajstić information content (AvgIpc) is 2.72. The number of hydrogen-bond donors (Lipinski definition) is 2. The van der Waals surface area contributed by atoms with Crippen LogP contribution in [0, 0.1) is 0 Å². The number of nitrogens with two attached hydrogens (primary N) is 1. The van der Waals surface area contributed by atoms with Crippen molar-refractivity contribution in [3.63, 3.8) is 0 Å². The monoisotopic (exact) mass is 242 g/mol. The van der Waals surface area contributed by atoms with Crippen molar-refractivity contribution >= 4 is 28.2 Å². The molecule has 3 N–H and O–H groups in total. The van der Waals surface area contributed by atoms with E-state index in [0.717, 1.165) is 16.8 Å². The van der Waals surface area contributed by atoms with Crippen molar-refractivity contribution < 1.29 is 0 Å². The molecule has 2 nitrogen and oxygen atoms in total. The standard InChI is InChI=1S/C14H11ClN2/c15-10-5-6-11(12(16)8-10)14-7-9-3-1-2-4-13(9)17-14/h1-8,17H,16H2. The van der Waals surface area contributed by atoms with E-state index < -0.39 is 0 Å². The van der Waals surface area contributed by atoms with Gasteiger partial charge in [-0.05, 0) is 30.3 Å². The second kappa shape index (κ2) is 3.82. The third-order valence-corrected chi connectivity index (χ3v) is 3.07. The maximum Gasteiger partial charge on any atom is 0.0485 e. The van der Waals surface area contributed by atoms with E-state index >= 15 is 0 Å². The van der Waals surface area contributed by atoms with Crippen LogP contribution < -0.4 is 5.73 Å². The highest BCUT2D eigenvalue weighted by atomic mass is 35.5. The van der Waals surface area contributed by atoms with Crippen LogP contribution in [0.1, 0.15) is 0 Å². The van der Waals surface area contributed by atoms with Crippen molar-refractivity contribution in [3.05, 3.63) is 53.6 Å². The zero-order valence-corrected chi connectivity index (χ0v) is 9.83. The molecular weight excluding hydrogens is 232 g/mol. The van der Waals surface area contributed by atoms with Gasteiger partial charge in [0, 0.05) is 32.9 Å². The van der Waals surface area contributed by atoms with Crippen molar-refractivity contribution in [1.82, 2.24) is 4.98 Å². The van der Waals surface area contributed by atoms with E-state index in [1.54, 1.807) is 6.07 Å². The summed E-state index contributed by atoms with van der Waals surface area (Å²) in [6.45, 7) is 0. The number of nitrogens with one attached hydrogen (secondary N) is 1. The number of rotatable bonds is 1. The van der Waals surface area contributed by atoms with Gasteiger partial charge in [-0.15, -0.1) is 0 Å². The van der Waals surface area contributed by atoms with Crippen LogP contribution in [0.2, 0.25) is 5.02 Å². The molecule has 0 aliphatic rings. The molecule has 0 saturated heterocycles. The van der Waals surface area contributed by atoms with Crippen LogP contribution in [-0.4, -0.2) is 4.98 Å². The van der Waals surface area contributed by atoms with Crippen LogP contribution in [0.15, 0.2) is 48.5 Å². The van der Waals surface area contributed by atoms with E-state index in [1.807, 2.05) is 30.3 Å². The Labute approximate surface area is 104 Å². The molecule has 1 heterocycles. The molecule has 0 aliphatic heterocycles. The molecular formula is C14H11ClN2. The smallest absolute Gasteiger partial charge is 0.0485 e. The number of para-hydroxylation sites is 1. The van der Waals surface area contributed by atoms with Gasteiger partial charge in [0.15, 0.2) is 0 Å². The molecule has 84 valence electrons. The largest absolute Gasteiger partial charge is 0.398 e. The van der Waals surface area contributed by atoms with E-state index in [-0.39, 0.29) is 0 Å².